The van der Waals surface area contributed by atoms with E-state index < -0.39 is 0 Å². The molecule has 1 unspecified atom stereocenters. The summed E-state index contributed by atoms with van der Waals surface area (Å²) < 4.78 is 0. The van der Waals surface area contributed by atoms with Crippen LogP contribution in [0.5, 0.6) is 0 Å². The highest BCUT2D eigenvalue weighted by Gasteiger charge is 2.25. The van der Waals surface area contributed by atoms with E-state index in [1.54, 1.807) is 0 Å². The summed E-state index contributed by atoms with van der Waals surface area (Å²) in [6, 6.07) is 0.431. The van der Waals surface area contributed by atoms with Crippen LogP contribution < -0.4 is 0 Å². The van der Waals surface area contributed by atoms with Crippen LogP contribution >= 0.6 is 0 Å². The Hall–Kier alpha value is -0.790. The van der Waals surface area contributed by atoms with Crippen molar-refractivity contribution in [3.63, 3.8) is 0 Å². The highest BCUT2D eigenvalue weighted by atomic mass is 16.2. The Bertz CT molecular complexity index is 200. The number of likely N-dealkylation sites (tertiary alicyclic amines) is 1. The summed E-state index contributed by atoms with van der Waals surface area (Å²) in [5, 5.41) is 0. The first-order valence-corrected chi connectivity index (χ1v) is 5.70. The number of unbranched alkanes of at least 4 members (excludes halogenated alkanes) is 1. The molecule has 80 valence electrons. The lowest BCUT2D eigenvalue weighted by atomic mass is 9.98. The summed E-state index contributed by atoms with van der Waals surface area (Å²) in [5.74, 6) is 0.344. The van der Waals surface area contributed by atoms with Gasteiger partial charge in [-0.1, -0.05) is 19.4 Å². The first-order valence-electron chi connectivity index (χ1n) is 5.70. The maximum Gasteiger partial charge on any atom is 0.222 e. The van der Waals surface area contributed by atoms with Crippen molar-refractivity contribution in [3.8, 4) is 0 Å². The third-order valence-corrected chi connectivity index (χ3v) is 2.88. The Morgan fingerprint density at radius 3 is 3.07 bits per heavy atom. The van der Waals surface area contributed by atoms with Crippen molar-refractivity contribution in [2.75, 3.05) is 6.54 Å². The first-order chi connectivity index (χ1) is 6.79. The molecule has 0 aliphatic carbocycles. The fourth-order valence-corrected chi connectivity index (χ4v) is 2.07. The molecule has 0 aromatic carbocycles. The Morgan fingerprint density at radius 2 is 2.43 bits per heavy atom. The second-order valence-corrected chi connectivity index (χ2v) is 4.01. The molecule has 1 rings (SSSR count). The fraction of sp³-hybridized carbons (Fsp3) is 0.750. The van der Waals surface area contributed by atoms with Gasteiger partial charge in [-0.2, -0.15) is 0 Å². The van der Waals surface area contributed by atoms with Crippen molar-refractivity contribution >= 4 is 5.91 Å². The fourth-order valence-electron chi connectivity index (χ4n) is 2.07. The molecule has 2 heteroatoms. The molecule has 1 heterocycles. The molecule has 0 N–H and O–H groups in total. The van der Waals surface area contributed by atoms with Gasteiger partial charge < -0.3 is 4.90 Å². The molecule has 0 aromatic heterocycles. The van der Waals surface area contributed by atoms with Gasteiger partial charge in [0.25, 0.3) is 0 Å². The van der Waals surface area contributed by atoms with E-state index in [4.69, 9.17) is 0 Å². The molecule has 1 fully saturated rings. The highest BCUT2D eigenvalue weighted by Crippen LogP contribution is 2.21. The van der Waals surface area contributed by atoms with Gasteiger partial charge in [-0.25, -0.2) is 0 Å². The van der Waals surface area contributed by atoms with Crippen LogP contribution in [0.4, 0.5) is 0 Å². The van der Waals surface area contributed by atoms with Crippen molar-refractivity contribution < 1.29 is 4.79 Å². The molecule has 0 bridgehead atoms. The molecular weight excluding hydrogens is 174 g/mol. The van der Waals surface area contributed by atoms with Gasteiger partial charge in [-0.3, -0.25) is 4.79 Å². The topological polar surface area (TPSA) is 20.3 Å². The average Bonchev–Trinajstić information content (AvgIpc) is 2.18. The van der Waals surface area contributed by atoms with Gasteiger partial charge in [0.15, 0.2) is 0 Å². The van der Waals surface area contributed by atoms with Crippen molar-refractivity contribution in [1.82, 2.24) is 4.90 Å². The zero-order valence-corrected chi connectivity index (χ0v) is 9.17. The number of carbonyl (C=O) groups excluding carboxylic acids is 1. The molecule has 0 aromatic rings. The van der Waals surface area contributed by atoms with Crippen LogP contribution in [0.25, 0.3) is 0 Å². The number of amides is 1. The van der Waals surface area contributed by atoms with E-state index >= 15 is 0 Å². The van der Waals surface area contributed by atoms with Crippen LogP contribution in [-0.2, 0) is 4.79 Å². The molecule has 0 radical (unpaired) electrons. The summed E-state index contributed by atoms with van der Waals surface area (Å²) >= 11 is 0. The van der Waals surface area contributed by atoms with Crippen molar-refractivity contribution in [3.05, 3.63) is 12.7 Å². The minimum Gasteiger partial charge on any atom is -0.339 e. The zero-order chi connectivity index (χ0) is 10.4. The van der Waals surface area contributed by atoms with Crippen LogP contribution in [0.2, 0.25) is 0 Å². The smallest absolute Gasteiger partial charge is 0.222 e. The molecule has 1 amide bonds. The standard InChI is InChI=1S/C12H21NO/c1-3-5-10-13-11(7-4-2)8-6-9-12(13)14/h4,11H,2-3,5-10H2,1H3. The van der Waals surface area contributed by atoms with Gasteiger partial charge in [0.2, 0.25) is 5.91 Å². The number of rotatable bonds is 5. The second kappa shape index (κ2) is 5.84. The van der Waals surface area contributed by atoms with Crippen LogP contribution in [0.3, 0.4) is 0 Å². The molecule has 1 aliphatic heterocycles. The van der Waals surface area contributed by atoms with Crippen molar-refractivity contribution in [2.24, 2.45) is 0 Å². The molecule has 0 spiro atoms. The minimum absolute atomic E-state index is 0.344. The first kappa shape index (κ1) is 11.3. The number of hydrogen-bond acceptors (Lipinski definition) is 1. The predicted octanol–water partition coefficient (Wildman–Crippen LogP) is 2.74. The average molecular weight is 195 g/mol. The largest absolute Gasteiger partial charge is 0.339 e. The molecular formula is C12H21NO. The normalized spacial score (nSPS) is 22.5. The summed E-state index contributed by atoms with van der Waals surface area (Å²) in [6.07, 6.45) is 8.13. The number of hydrogen-bond donors (Lipinski definition) is 0. The lowest BCUT2D eigenvalue weighted by molar-refractivity contribution is -0.136. The molecule has 14 heavy (non-hydrogen) atoms. The SMILES string of the molecule is C=CCC1CCCC(=O)N1CCCC. The van der Waals surface area contributed by atoms with E-state index in [1.165, 1.54) is 0 Å². The maximum atomic E-state index is 11.7. The van der Waals surface area contributed by atoms with Gasteiger partial charge in [-0.15, -0.1) is 6.58 Å². The van der Waals surface area contributed by atoms with E-state index in [9.17, 15) is 4.79 Å². The van der Waals surface area contributed by atoms with Crippen molar-refractivity contribution in [2.45, 2.75) is 51.5 Å². The van der Waals surface area contributed by atoms with E-state index in [0.29, 0.717) is 11.9 Å². The quantitative estimate of drug-likeness (QED) is 0.618. The van der Waals surface area contributed by atoms with Crippen molar-refractivity contribution in [1.29, 1.82) is 0 Å². The van der Waals surface area contributed by atoms with Gasteiger partial charge in [0, 0.05) is 19.0 Å². The predicted molar refractivity (Wildman–Crippen MR) is 59.1 cm³/mol. The van der Waals surface area contributed by atoms with E-state index in [0.717, 1.165) is 45.1 Å². The summed E-state index contributed by atoms with van der Waals surface area (Å²) in [7, 11) is 0. The second-order valence-electron chi connectivity index (χ2n) is 4.01. The molecule has 1 atom stereocenters. The molecule has 0 saturated carbocycles. The third-order valence-electron chi connectivity index (χ3n) is 2.88. The van der Waals surface area contributed by atoms with Gasteiger partial charge in [0.05, 0.1) is 0 Å². The number of carbonyl (C=O) groups is 1. The molecule has 1 aliphatic rings. The monoisotopic (exact) mass is 195 g/mol. The Balaban J connectivity index is 2.51. The van der Waals surface area contributed by atoms with Gasteiger partial charge >= 0.3 is 0 Å². The van der Waals surface area contributed by atoms with E-state index in [2.05, 4.69) is 18.4 Å². The summed E-state index contributed by atoms with van der Waals surface area (Å²) in [6.45, 7) is 6.86. The van der Waals surface area contributed by atoms with Gasteiger partial charge in [0.1, 0.15) is 0 Å². The Labute approximate surface area is 87.0 Å². The van der Waals surface area contributed by atoms with Crippen LogP contribution in [0, 0.1) is 0 Å². The zero-order valence-electron chi connectivity index (χ0n) is 9.17. The third kappa shape index (κ3) is 2.86. The lowest BCUT2D eigenvalue weighted by Crippen LogP contribution is -2.43. The Kier molecular flexibility index (Phi) is 4.71. The van der Waals surface area contributed by atoms with Crippen LogP contribution in [0.15, 0.2) is 12.7 Å². The molecule has 2 nitrogen and oxygen atoms in total. The van der Waals surface area contributed by atoms with E-state index in [-0.39, 0.29) is 0 Å². The Morgan fingerprint density at radius 1 is 1.64 bits per heavy atom. The lowest BCUT2D eigenvalue weighted by Gasteiger charge is -2.35. The van der Waals surface area contributed by atoms with Crippen LogP contribution in [0.1, 0.15) is 45.4 Å². The maximum absolute atomic E-state index is 11.7. The highest BCUT2D eigenvalue weighted by molar-refractivity contribution is 5.77. The van der Waals surface area contributed by atoms with Gasteiger partial charge in [-0.05, 0) is 25.7 Å². The van der Waals surface area contributed by atoms with Crippen LogP contribution in [-0.4, -0.2) is 23.4 Å². The molecule has 1 saturated heterocycles. The number of piperidine rings is 1. The van der Waals surface area contributed by atoms with E-state index in [1.807, 2.05) is 6.08 Å². The summed E-state index contributed by atoms with van der Waals surface area (Å²) in [5.41, 5.74) is 0. The number of nitrogens with zero attached hydrogens (tertiary/aromatic N) is 1. The summed E-state index contributed by atoms with van der Waals surface area (Å²) in [4.78, 5) is 13.7. The minimum atomic E-state index is 0.344.